The Hall–Kier alpha value is -3.24. The number of rotatable bonds is 10. The molecule has 1 unspecified atom stereocenters. The lowest BCUT2D eigenvalue weighted by molar-refractivity contribution is -0.141. The van der Waals surface area contributed by atoms with Gasteiger partial charge in [-0.05, 0) is 56.4 Å². The van der Waals surface area contributed by atoms with Crippen LogP contribution in [0.2, 0.25) is 0 Å². The van der Waals surface area contributed by atoms with Crippen molar-refractivity contribution in [3.8, 4) is 5.88 Å². The van der Waals surface area contributed by atoms with Crippen LogP contribution in [0.15, 0.2) is 30.7 Å². The van der Waals surface area contributed by atoms with E-state index in [1.54, 1.807) is 19.1 Å². The van der Waals surface area contributed by atoms with Crippen LogP contribution in [0.4, 0.5) is 42.8 Å². The van der Waals surface area contributed by atoms with Gasteiger partial charge in [0.25, 0.3) is 0 Å². The van der Waals surface area contributed by atoms with E-state index in [1.807, 2.05) is 4.90 Å². The van der Waals surface area contributed by atoms with Crippen LogP contribution < -0.4 is 15.4 Å². The summed E-state index contributed by atoms with van der Waals surface area (Å²) >= 11 is 1.01. The molecule has 4 heterocycles. The van der Waals surface area contributed by atoms with E-state index in [-0.39, 0.29) is 18.3 Å². The SMILES string of the molecule is Cc1nsc(Nc2cnc(C(F)(F)F)cn2)c1C(O)Nc1ccc(OCC2CCN(CCC(F)(F)F)CC2)nc1. The van der Waals surface area contributed by atoms with Gasteiger partial charge in [-0.25, -0.2) is 15.0 Å². The van der Waals surface area contributed by atoms with Crippen molar-refractivity contribution in [1.29, 1.82) is 0 Å². The first-order chi connectivity index (χ1) is 18.9. The van der Waals surface area contributed by atoms with Crippen LogP contribution in [0.25, 0.3) is 0 Å². The van der Waals surface area contributed by atoms with Gasteiger partial charge < -0.3 is 25.4 Å². The summed E-state index contributed by atoms with van der Waals surface area (Å²) in [5.74, 6) is 0.648. The summed E-state index contributed by atoms with van der Waals surface area (Å²) in [6.45, 7) is 3.28. The van der Waals surface area contributed by atoms with Gasteiger partial charge in [0.15, 0.2) is 11.9 Å². The van der Waals surface area contributed by atoms with Gasteiger partial charge in [-0.1, -0.05) is 0 Å². The van der Waals surface area contributed by atoms with E-state index in [9.17, 15) is 31.4 Å². The minimum absolute atomic E-state index is 0.0145. The highest BCUT2D eigenvalue weighted by Gasteiger charge is 2.33. The number of aliphatic hydroxyl groups is 1. The molecular weight excluding hydrogens is 564 g/mol. The number of hydrogen-bond donors (Lipinski definition) is 3. The fourth-order valence-corrected chi connectivity index (χ4v) is 4.92. The first-order valence-electron chi connectivity index (χ1n) is 12.3. The molecule has 9 nitrogen and oxygen atoms in total. The molecule has 3 N–H and O–H groups in total. The maximum absolute atomic E-state index is 12.7. The third-order valence-electron chi connectivity index (χ3n) is 6.29. The minimum Gasteiger partial charge on any atom is -0.477 e. The quantitative estimate of drug-likeness (QED) is 0.207. The van der Waals surface area contributed by atoms with Gasteiger partial charge in [0.2, 0.25) is 5.88 Å². The molecule has 16 heteroatoms. The number of ether oxygens (including phenoxy) is 1. The normalized spacial score (nSPS) is 16.1. The van der Waals surface area contributed by atoms with Crippen molar-refractivity contribution in [3.05, 3.63) is 47.7 Å². The molecule has 0 radical (unpaired) electrons. The lowest BCUT2D eigenvalue weighted by Crippen LogP contribution is -2.37. The van der Waals surface area contributed by atoms with Crippen LogP contribution in [0.1, 0.15) is 42.4 Å². The summed E-state index contributed by atoms with van der Waals surface area (Å²) in [7, 11) is 0. The lowest BCUT2D eigenvalue weighted by Gasteiger charge is -2.31. The fraction of sp³-hybridized carbons (Fsp3) is 0.500. The molecule has 1 atom stereocenters. The average molecular weight is 592 g/mol. The first-order valence-corrected chi connectivity index (χ1v) is 13.1. The number of anilines is 3. The lowest BCUT2D eigenvalue weighted by atomic mass is 9.98. The van der Waals surface area contributed by atoms with Gasteiger partial charge >= 0.3 is 12.4 Å². The monoisotopic (exact) mass is 591 g/mol. The summed E-state index contributed by atoms with van der Waals surface area (Å²) in [5, 5.41) is 16.9. The Balaban J connectivity index is 1.27. The number of alkyl halides is 6. The van der Waals surface area contributed by atoms with Gasteiger partial charge in [0, 0.05) is 12.6 Å². The Labute approximate surface area is 229 Å². The number of pyridine rings is 1. The topological polar surface area (TPSA) is 108 Å². The molecule has 0 saturated carbocycles. The summed E-state index contributed by atoms with van der Waals surface area (Å²) in [4.78, 5) is 13.2. The van der Waals surface area contributed by atoms with Crippen LogP contribution in [0.3, 0.4) is 0 Å². The second kappa shape index (κ2) is 12.5. The molecule has 0 bridgehead atoms. The number of likely N-dealkylation sites (tertiary alicyclic amines) is 1. The van der Waals surface area contributed by atoms with Crippen molar-refractivity contribution < 1.29 is 36.2 Å². The average Bonchev–Trinajstić information content (AvgIpc) is 3.26. The number of hydrogen-bond acceptors (Lipinski definition) is 10. The van der Waals surface area contributed by atoms with Crippen molar-refractivity contribution in [1.82, 2.24) is 24.2 Å². The Morgan fingerprint density at radius 2 is 1.82 bits per heavy atom. The molecule has 40 heavy (non-hydrogen) atoms. The standard InChI is InChI=1S/C24H27F6N7O2S/c1-14-20(22(40-36-14)35-18-12-31-17(11-32-18)24(28,29)30)21(38)34-16-2-3-19(33-10-16)39-13-15-4-7-37(8-5-15)9-6-23(25,26)27/h2-3,10-12,15,21,34,38H,4-9,13H2,1H3,(H,32,35). The van der Waals surface area contributed by atoms with Crippen LogP contribution in [0.5, 0.6) is 5.88 Å². The highest BCUT2D eigenvalue weighted by Crippen LogP contribution is 2.34. The predicted octanol–water partition coefficient (Wildman–Crippen LogP) is 5.55. The summed E-state index contributed by atoms with van der Waals surface area (Å²) in [6.07, 6.45) is -6.26. The van der Waals surface area contributed by atoms with Crippen LogP contribution >= 0.6 is 11.5 Å². The third-order valence-corrected chi connectivity index (χ3v) is 7.16. The zero-order valence-corrected chi connectivity index (χ0v) is 22.1. The Kier molecular flexibility index (Phi) is 9.30. The molecule has 0 spiro atoms. The van der Waals surface area contributed by atoms with Crippen molar-refractivity contribution in [2.45, 2.75) is 44.8 Å². The number of nitrogens with zero attached hydrogens (tertiary/aromatic N) is 5. The van der Waals surface area contributed by atoms with Gasteiger partial charge in [-0.15, -0.1) is 0 Å². The minimum atomic E-state index is -4.60. The van der Waals surface area contributed by atoms with E-state index >= 15 is 0 Å². The highest BCUT2D eigenvalue weighted by molar-refractivity contribution is 7.10. The molecule has 1 fully saturated rings. The molecule has 3 aromatic heterocycles. The van der Waals surface area contributed by atoms with Crippen LogP contribution in [0, 0.1) is 12.8 Å². The maximum atomic E-state index is 12.7. The fourth-order valence-electron chi connectivity index (χ4n) is 4.09. The zero-order valence-electron chi connectivity index (χ0n) is 21.3. The number of aryl methyl sites for hydroxylation is 1. The molecule has 0 aromatic carbocycles. The summed E-state index contributed by atoms with van der Waals surface area (Å²) in [5.41, 5.74) is 0.243. The molecule has 3 aromatic rings. The molecule has 0 aliphatic carbocycles. The summed E-state index contributed by atoms with van der Waals surface area (Å²) < 4.78 is 85.4. The maximum Gasteiger partial charge on any atom is 0.434 e. The van der Waals surface area contributed by atoms with Crippen LogP contribution in [-0.2, 0) is 6.18 Å². The first kappa shape index (κ1) is 29.7. The number of halogens is 6. The van der Waals surface area contributed by atoms with Gasteiger partial charge in [0.05, 0.1) is 48.6 Å². The van der Waals surface area contributed by atoms with Crippen molar-refractivity contribution in [2.75, 3.05) is 36.9 Å². The van der Waals surface area contributed by atoms with E-state index in [0.29, 0.717) is 53.7 Å². The van der Waals surface area contributed by atoms with Crippen molar-refractivity contribution in [2.24, 2.45) is 5.92 Å². The molecule has 0 amide bonds. The third kappa shape index (κ3) is 8.38. The molecule has 218 valence electrons. The predicted molar refractivity (Wildman–Crippen MR) is 135 cm³/mol. The van der Waals surface area contributed by atoms with Crippen molar-refractivity contribution >= 4 is 28.0 Å². The van der Waals surface area contributed by atoms with E-state index in [2.05, 4.69) is 30.0 Å². The van der Waals surface area contributed by atoms with Crippen LogP contribution in [-0.4, -0.2) is 61.7 Å². The molecule has 1 aliphatic heterocycles. The number of piperidine rings is 1. The van der Waals surface area contributed by atoms with E-state index in [1.165, 1.54) is 6.20 Å². The van der Waals surface area contributed by atoms with E-state index < -0.39 is 30.7 Å². The number of aromatic nitrogens is 4. The van der Waals surface area contributed by atoms with Crippen molar-refractivity contribution in [3.63, 3.8) is 0 Å². The van der Waals surface area contributed by atoms with E-state index in [0.717, 1.165) is 30.6 Å². The Morgan fingerprint density at radius 1 is 1.07 bits per heavy atom. The molecule has 4 rings (SSSR count). The smallest absolute Gasteiger partial charge is 0.434 e. The molecular formula is C24H27F6N7O2S. The zero-order chi connectivity index (χ0) is 28.9. The van der Waals surface area contributed by atoms with Gasteiger partial charge in [-0.2, -0.15) is 30.7 Å². The molecule has 1 aliphatic rings. The van der Waals surface area contributed by atoms with Gasteiger partial charge in [-0.3, -0.25) is 0 Å². The van der Waals surface area contributed by atoms with E-state index in [4.69, 9.17) is 4.74 Å². The molecule has 1 saturated heterocycles. The second-order valence-electron chi connectivity index (χ2n) is 9.31. The Bertz CT molecular complexity index is 1230. The Morgan fingerprint density at radius 3 is 2.42 bits per heavy atom. The second-order valence-corrected chi connectivity index (χ2v) is 10.1. The summed E-state index contributed by atoms with van der Waals surface area (Å²) in [6, 6.07) is 3.29. The highest BCUT2D eigenvalue weighted by atomic mass is 32.1. The largest absolute Gasteiger partial charge is 0.477 e. The number of aliphatic hydroxyl groups excluding tert-OH is 1. The number of nitrogens with one attached hydrogen (secondary N) is 2. The van der Waals surface area contributed by atoms with Gasteiger partial charge in [0.1, 0.15) is 10.8 Å².